The Morgan fingerprint density at radius 2 is 1.71 bits per heavy atom. The molecule has 0 spiro atoms. The number of ether oxygens (including phenoxy) is 1. The van der Waals surface area contributed by atoms with E-state index < -0.39 is 21.8 Å². The summed E-state index contributed by atoms with van der Waals surface area (Å²) >= 11 is 3.38. The van der Waals surface area contributed by atoms with Gasteiger partial charge in [0, 0.05) is 24.5 Å². The molecular formula is C19H27BrF3NO3S. The highest BCUT2D eigenvalue weighted by Gasteiger charge is 2.35. The Labute approximate surface area is 173 Å². The molecule has 0 bridgehead atoms. The average molecular weight is 486 g/mol. The summed E-state index contributed by atoms with van der Waals surface area (Å²) in [5.41, 5.74) is -0.855. The lowest BCUT2D eigenvalue weighted by Crippen LogP contribution is -2.43. The van der Waals surface area contributed by atoms with Crippen molar-refractivity contribution >= 4 is 26.0 Å². The lowest BCUT2D eigenvalue weighted by Gasteiger charge is -2.35. The maximum absolute atomic E-state index is 13.0. The molecule has 2 rings (SSSR count). The molecule has 0 unspecified atom stereocenters. The monoisotopic (exact) mass is 485 g/mol. The number of rotatable bonds is 9. The molecule has 0 aliphatic heterocycles. The fourth-order valence-electron chi connectivity index (χ4n) is 3.52. The molecule has 1 fully saturated rings. The molecule has 4 nitrogen and oxygen atoms in total. The lowest BCUT2D eigenvalue weighted by atomic mass is 9.93. The third kappa shape index (κ3) is 6.18. The van der Waals surface area contributed by atoms with Crippen LogP contribution in [0.25, 0.3) is 0 Å². The standard InChI is InChI=1S/C19H27BrF3NO3S/c1-2-24(16-7-9-17(10-8-16)27-14-4-3-13-20)28(25,26)18-11-5-15(6-12-18)19(21,22)23/h5-6,11-12,16-17H,2-4,7-10,13-14H2,1H3. The van der Waals surface area contributed by atoms with Crippen molar-refractivity contribution in [2.75, 3.05) is 18.5 Å². The molecule has 0 aromatic heterocycles. The van der Waals surface area contributed by atoms with E-state index in [2.05, 4.69) is 15.9 Å². The number of hydrogen-bond donors (Lipinski definition) is 0. The van der Waals surface area contributed by atoms with Gasteiger partial charge in [0.05, 0.1) is 16.6 Å². The molecule has 0 heterocycles. The number of hydrogen-bond acceptors (Lipinski definition) is 3. The number of halogens is 4. The predicted octanol–water partition coefficient (Wildman–Crippen LogP) is 5.22. The van der Waals surface area contributed by atoms with Gasteiger partial charge in [0.25, 0.3) is 0 Å². The Bertz CT molecular complexity index is 702. The van der Waals surface area contributed by atoms with E-state index in [9.17, 15) is 21.6 Å². The molecule has 28 heavy (non-hydrogen) atoms. The molecule has 160 valence electrons. The highest BCUT2D eigenvalue weighted by molar-refractivity contribution is 9.09. The van der Waals surface area contributed by atoms with Crippen LogP contribution in [0.3, 0.4) is 0 Å². The zero-order chi connectivity index (χ0) is 20.8. The topological polar surface area (TPSA) is 46.6 Å². The molecule has 0 atom stereocenters. The van der Waals surface area contributed by atoms with Gasteiger partial charge in [-0.05, 0) is 62.8 Å². The Morgan fingerprint density at radius 3 is 2.21 bits per heavy atom. The summed E-state index contributed by atoms with van der Waals surface area (Å²) < 4.78 is 71.4. The van der Waals surface area contributed by atoms with E-state index >= 15 is 0 Å². The van der Waals surface area contributed by atoms with Crippen molar-refractivity contribution in [3.63, 3.8) is 0 Å². The summed E-state index contributed by atoms with van der Waals surface area (Å²) in [6.07, 6.45) is 0.682. The van der Waals surface area contributed by atoms with Gasteiger partial charge in [-0.3, -0.25) is 0 Å². The Morgan fingerprint density at radius 1 is 1.11 bits per heavy atom. The zero-order valence-corrected chi connectivity index (χ0v) is 18.3. The van der Waals surface area contributed by atoms with Crippen LogP contribution in [0, 0.1) is 0 Å². The van der Waals surface area contributed by atoms with Crippen LogP contribution in [0.1, 0.15) is 51.0 Å². The van der Waals surface area contributed by atoms with Crippen molar-refractivity contribution < 1.29 is 26.3 Å². The lowest BCUT2D eigenvalue weighted by molar-refractivity contribution is -0.137. The highest BCUT2D eigenvalue weighted by Crippen LogP contribution is 2.32. The summed E-state index contributed by atoms with van der Waals surface area (Å²) in [5.74, 6) is 0. The summed E-state index contributed by atoms with van der Waals surface area (Å²) in [6, 6.07) is 3.56. The van der Waals surface area contributed by atoms with Crippen molar-refractivity contribution in [3.05, 3.63) is 29.8 Å². The summed E-state index contributed by atoms with van der Waals surface area (Å²) in [5, 5.41) is 0.955. The fourth-order valence-corrected chi connectivity index (χ4v) is 5.61. The maximum Gasteiger partial charge on any atom is 0.416 e. The first-order valence-corrected chi connectivity index (χ1v) is 12.1. The minimum Gasteiger partial charge on any atom is -0.378 e. The van der Waals surface area contributed by atoms with E-state index in [1.54, 1.807) is 6.92 Å². The van der Waals surface area contributed by atoms with Gasteiger partial charge in [-0.25, -0.2) is 8.42 Å². The number of benzene rings is 1. The van der Waals surface area contributed by atoms with Gasteiger partial charge in [-0.1, -0.05) is 22.9 Å². The molecule has 0 N–H and O–H groups in total. The number of sulfonamides is 1. The Balaban J connectivity index is 2.00. The number of unbranched alkanes of at least 4 members (excludes halogenated alkanes) is 1. The van der Waals surface area contributed by atoms with Crippen LogP contribution in [0.4, 0.5) is 13.2 Å². The largest absolute Gasteiger partial charge is 0.416 e. The van der Waals surface area contributed by atoms with Crippen LogP contribution in [0.2, 0.25) is 0 Å². The van der Waals surface area contributed by atoms with E-state index in [1.807, 2.05) is 0 Å². The molecule has 0 amide bonds. The van der Waals surface area contributed by atoms with Crippen molar-refractivity contribution in [1.29, 1.82) is 0 Å². The summed E-state index contributed by atoms with van der Waals surface area (Å²) in [4.78, 5) is -0.101. The molecule has 1 aliphatic carbocycles. The Kier molecular flexibility index (Phi) is 8.79. The van der Waals surface area contributed by atoms with Crippen LogP contribution in [-0.4, -0.2) is 43.4 Å². The summed E-state index contributed by atoms with van der Waals surface area (Å²) in [6.45, 7) is 2.75. The van der Waals surface area contributed by atoms with Gasteiger partial charge in [-0.2, -0.15) is 17.5 Å². The third-order valence-electron chi connectivity index (χ3n) is 5.03. The molecule has 0 saturated heterocycles. The van der Waals surface area contributed by atoms with E-state index in [1.165, 1.54) is 4.31 Å². The van der Waals surface area contributed by atoms with Crippen LogP contribution in [-0.2, 0) is 20.9 Å². The van der Waals surface area contributed by atoms with E-state index in [4.69, 9.17) is 4.74 Å². The molecule has 1 aliphatic rings. The number of nitrogens with zero attached hydrogens (tertiary/aromatic N) is 1. The molecule has 0 radical (unpaired) electrons. The first-order valence-electron chi connectivity index (χ1n) is 9.56. The minimum absolute atomic E-state index is 0.101. The van der Waals surface area contributed by atoms with Crippen molar-refractivity contribution in [1.82, 2.24) is 4.31 Å². The normalized spacial score (nSPS) is 21.2. The fraction of sp³-hybridized carbons (Fsp3) is 0.684. The molecule has 9 heteroatoms. The predicted molar refractivity (Wildman–Crippen MR) is 106 cm³/mol. The van der Waals surface area contributed by atoms with Crippen molar-refractivity contribution in [3.8, 4) is 0 Å². The number of alkyl halides is 4. The SMILES string of the molecule is CCN(C1CCC(OCCCCBr)CC1)S(=O)(=O)c1ccc(C(F)(F)F)cc1. The van der Waals surface area contributed by atoms with Gasteiger partial charge in [0.2, 0.25) is 10.0 Å². The molecule has 1 aromatic carbocycles. The minimum atomic E-state index is -4.49. The second-order valence-electron chi connectivity index (χ2n) is 6.93. The third-order valence-corrected chi connectivity index (χ3v) is 7.63. The van der Waals surface area contributed by atoms with E-state index in [-0.39, 0.29) is 23.6 Å². The van der Waals surface area contributed by atoms with E-state index in [0.29, 0.717) is 19.4 Å². The zero-order valence-electron chi connectivity index (χ0n) is 15.9. The first-order chi connectivity index (χ1) is 13.2. The van der Waals surface area contributed by atoms with Crippen molar-refractivity contribution in [2.45, 2.75) is 68.7 Å². The van der Waals surface area contributed by atoms with Crippen LogP contribution in [0.15, 0.2) is 29.2 Å². The Hall–Kier alpha value is -0.640. The van der Waals surface area contributed by atoms with Gasteiger partial charge in [-0.15, -0.1) is 0 Å². The maximum atomic E-state index is 13.0. The van der Waals surface area contributed by atoms with Crippen molar-refractivity contribution in [2.24, 2.45) is 0 Å². The van der Waals surface area contributed by atoms with Crippen LogP contribution in [0.5, 0.6) is 0 Å². The molecular weight excluding hydrogens is 459 g/mol. The molecule has 1 aromatic rings. The molecule has 1 saturated carbocycles. The van der Waals surface area contributed by atoms with Crippen LogP contribution < -0.4 is 0 Å². The van der Waals surface area contributed by atoms with E-state index in [0.717, 1.165) is 55.3 Å². The summed E-state index contributed by atoms with van der Waals surface area (Å²) in [7, 11) is -3.83. The average Bonchev–Trinajstić information content (AvgIpc) is 2.66. The van der Waals surface area contributed by atoms with Gasteiger partial charge < -0.3 is 4.74 Å². The van der Waals surface area contributed by atoms with Gasteiger partial charge in [0.15, 0.2) is 0 Å². The second-order valence-corrected chi connectivity index (χ2v) is 9.61. The highest BCUT2D eigenvalue weighted by atomic mass is 79.9. The first kappa shape index (κ1) is 23.6. The second kappa shape index (κ2) is 10.4. The van der Waals surface area contributed by atoms with Crippen LogP contribution >= 0.6 is 15.9 Å². The van der Waals surface area contributed by atoms with Gasteiger partial charge in [0.1, 0.15) is 0 Å². The quantitative estimate of drug-likeness (QED) is 0.355. The smallest absolute Gasteiger partial charge is 0.378 e. The van der Waals surface area contributed by atoms with Gasteiger partial charge >= 0.3 is 6.18 Å².